The molecule has 0 aliphatic carbocycles. The number of aryl methyl sites for hydroxylation is 1. The first-order chi connectivity index (χ1) is 9.92. The van der Waals surface area contributed by atoms with Gasteiger partial charge < -0.3 is 5.11 Å². The van der Waals surface area contributed by atoms with E-state index in [2.05, 4.69) is 0 Å². The van der Waals surface area contributed by atoms with Crippen LogP contribution in [0.4, 0.5) is 8.78 Å². The molecule has 21 heavy (non-hydrogen) atoms. The molecule has 0 heterocycles. The molecule has 0 fully saturated rings. The molecule has 4 heteroatoms. The van der Waals surface area contributed by atoms with Gasteiger partial charge >= 0.3 is 5.97 Å². The van der Waals surface area contributed by atoms with Gasteiger partial charge in [-0.1, -0.05) is 54.6 Å². The van der Waals surface area contributed by atoms with E-state index < -0.39 is 24.2 Å². The van der Waals surface area contributed by atoms with Crippen LogP contribution in [0.5, 0.6) is 0 Å². The Bertz CT molecular complexity index is 624. The van der Waals surface area contributed by atoms with Crippen molar-refractivity contribution in [2.45, 2.75) is 25.2 Å². The number of carboxylic acid groups (broad SMARTS) is 1. The summed E-state index contributed by atoms with van der Waals surface area (Å²) in [4.78, 5) is 11.4. The number of carboxylic acids is 1. The molecular formula is C17H16F2O2. The van der Waals surface area contributed by atoms with Crippen LogP contribution in [0.25, 0.3) is 0 Å². The summed E-state index contributed by atoms with van der Waals surface area (Å²) in [5.74, 6) is -5.66. The van der Waals surface area contributed by atoms with Crippen LogP contribution in [-0.4, -0.2) is 11.1 Å². The summed E-state index contributed by atoms with van der Waals surface area (Å²) >= 11 is 0. The summed E-state index contributed by atoms with van der Waals surface area (Å²) in [6.07, 6.45) is -0.753. The lowest BCUT2D eigenvalue weighted by Crippen LogP contribution is -2.23. The summed E-state index contributed by atoms with van der Waals surface area (Å²) in [6, 6.07) is 14.1. The van der Waals surface area contributed by atoms with Crippen molar-refractivity contribution in [3.63, 3.8) is 0 Å². The van der Waals surface area contributed by atoms with E-state index in [0.717, 1.165) is 0 Å². The lowest BCUT2D eigenvalue weighted by atomic mass is 9.88. The Hall–Kier alpha value is -2.23. The van der Waals surface area contributed by atoms with E-state index in [9.17, 15) is 18.7 Å². The van der Waals surface area contributed by atoms with E-state index in [1.165, 1.54) is 24.3 Å². The Morgan fingerprint density at radius 2 is 1.67 bits per heavy atom. The Balaban J connectivity index is 2.33. The van der Waals surface area contributed by atoms with Crippen molar-refractivity contribution in [3.05, 3.63) is 71.3 Å². The largest absolute Gasteiger partial charge is 0.481 e. The highest BCUT2D eigenvalue weighted by Crippen LogP contribution is 2.38. The minimum absolute atomic E-state index is 0.162. The first-order valence-corrected chi connectivity index (χ1v) is 6.63. The van der Waals surface area contributed by atoms with Gasteiger partial charge in [-0.3, -0.25) is 4.79 Å². The summed E-state index contributed by atoms with van der Waals surface area (Å²) < 4.78 is 28.6. The molecule has 1 atom stereocenters. The molecule has 2 aromatic rings. The quantitative estimate of drug-likeness (QED) is 0.889. The molecule has 0 saturated carbocycles. The molecule has 0 aromatic heterocycles. The van der Waals surface area contributed by atoms with Crippen LogP contribution in [0.3, 0.4) is 0 Å². The molecule has 2 nitrogen and oxygen atoms in total. The molecule has 0 saturated heterocycles. The summed E-state index contributed by atoms with van der Waals surface area (Å²) in [7, 11) is 0. The molecule has 0 bridgehead atoms. The van der Waals surface area contributed by atoms with E-state index in [4.69, 9.17) is 0 Å². The highest BCUT2D eigenvalue weighted by Gasteiger charge is 2.38. The normalized spacial score (nSPS) is 12.9. The van der Waals surface area contributed by atoms with Crippen LogP contribution in [-0.2, 0) is 10.7 Å². The maximum Gasteiger partial charge on any atom is 0.311 e. The summed E-state index contributed by atoms with van der Waals surface area (Å²) in [5.41, 5.74) is 0.971. The zero-order valence-corrected chi connectivity index (χ0v) is 11.6. The fraction of sp³-hybridized carbons (Fsp3) is 0.235. The van der Waals surface area contributed by atoms with Crippen molar-refractivity contribution in [1.82, 2.24) is 0 Å². The van der Waals surface area contributed by atoms with Gasteiger partial charge in [0.2, 0.25) is 0 Å². The van der Waals surface area contributed by atoms with Gasteiger partial charge in [-0.15, -0.1) is 0 Å². The van der Waals surface area contributed by atoms with Crippen LogP contribution < -0.4 is 0 Å². The second kappa shape index (κ2) is 6.04. The molecule has 0 radical (unpaired) electrons. The molecule has 1 N–H and O–H groups in total. The van der Waals surface area contributed by atoms with Gasteiger partial charge in [0.15, 0.2) is 0 Å². The predicted octanol–water partition coefficient (Wildman–Crippen LogP) is 4.35. The number of benzene rings is 2. The molecule has 0 aliphatic rings. The zero-order valence-electron chi connectivity index (χ0n) is 11.6. The van der Waals surface area contributed by atoms with Gasteiger partial charge in [0.25, 0.3) is 5.92 Å². The highest BCUT2D eigenvalue weighted by molar-refractivity contribution is 5.76. The lowest BCUT2D eigenvalue weighted by Gasteiger charge is -2.22. The van der Waals surface area contributed by atoms with Crippen LogP contribution in [0.15, 0.2) is 54.6 Å². The van der Waals surface area contributed by atoms with Crippen LogP contribution >= 0.6 is 0 Å². The number of halogens is 2. The second-order valence-corrected chi connectivity index (χ2v) is 5.02. The summed E-state index contributed by atoms with van der Waals surface area (Å²) in [6.45, 7) is 1.73. The van der Waals surface area contributed by atoms with Crippen molar-refractivity contribution in [2.24, 2.45) is 0 Å². The molecule has 2 rings (SSSR count). The van der Waals surface area contributed by atoms with E-state index in [-0.39, 0.29) is 5.56 Å². The monoisotopic (exact) mass is 290 g/mol. The molecule has 2 aromatic carbocycles. The number of rotatable bonds is 5. The smallest absolute Gasteiger partial charge is 0.311 e. The molecule has 110 valence electrons. The standard InChI is InChI=1S/C17H16F2O2/c1-12-7-5-6-10-14(12)15(16(20)21)11-17(18,19)13-8-3-2-4-9-13/h2-10,15H,11H2,1H3,(H,20,21). The number of hydrogen-bond donors (Lipinski definition) is 1. The van der Waals surface area contributed by atoms with E-state index in [1.807, 2.05) is 0 Å². The number of carbonyl (C=O) groups is 1. The van der Waals surface area contributed by atoms with E-state index in [1.54, 1.807) is 37.3 Å². The minimum Gasteiger partial charge on any atom is -0.481 e. The van der Waals surface area contributed by atoms with Gasteiger partial charge in [-0.25, -0.2) is 8.78 Å². The van der Waals surface area contributed by atoms with Gasteiger partial charge in [-0.2, -0.15) is 0 Å². The van der Waals surface area contributed by atoms with Gasteiger partial charge in [0.05, 0.1) is 5.92 Å². The fourth-order valence-electron chi connectivity index (χ4n) is 2.36. The number of hydrogen-bond acceptors (Lipinski definition) is 1. The Morgan fingerprint density at radius 3 is 2.24 bits per heavy atom. The lowest BCUT2D eigenvalue weighted by molar-refractivity contribution is -0.141. The maximum absolute atomic E-state index is 14.3. The maximum atomic E-state index is 14.3. The van der Waals surface area contributed by atoms with Gasteiger partial charge in [0, 0.05) is 12.0 Å². The SMILES string of the molecule is Cc1ccccc1C(CC(F)(F)c1ccccc1)C(=O)O. The molecule has 0 spiro atoms. The van der Waals surface area contributed by atoms with Crippen LogP contribution in [0, 0.1) is 6.92 Å². The molecular weight excluding hydrogens is 274 g/mol. The average Bonchev–Trinajstić information content (AvgIpc) is 2.46. The third-order valence-corrected chi connectivity index (χ3v) is 3.52. The van der Waals surface area contributed by atoms with Crippen LogP contribution in [0.2, 0.25) is 0 Å². The van der Waals surface area contributed by atoms with Crippen molar-refractivity contribution in [3.8, 4) is 0 Å². The fourth-order valence-corrected chi connectivity index (χ4v) is 2.36. The van der Waals surface area contributed by atoms with Crippen molar-refractivity contribution >= 4 is 5.97 Å². The Kier molecular flexibility index (Phi) is 4.36. The van der Waals surface area contributed by atoms with Gasteiger partial charge in [-0.05, 0) is 18.1 Å². The van der Waals surface area contributed by atoms with Crippen molar-refractivity contribution in [1.29, 1.82) is 0 Å². The number of alkyl halides is 2. The van der Waals surface area contributed by atoms with E-state index >= 15 is 0 Å². The minimum atomic E-state index is -3.19. The zero-order chi connectivity index (χ0) is 15.5. The van der Waals surface area contributed by atoms with Gasteiger partial charge in [0.1, 0.15) is 0 Å². The Labute approximate surface area is 122 Å². The first-order valence-electron chi connectivity index (χ1n) is 6.63. The van der Waals surface area contributed by atoms with E-state index in [0.29, 0.717) is 11.1 Å². The molecule has 1 unspecified atom stereocenters. The molecule has 0 amide bonds. The third-order valence-electron chi connectivity index (χ3n) is 3.52. The topological polar surface area (TPSA) is 37.3 Å². The van der Waals surface area contributed by atoms with Crippen molar-refractivity contribution in [2.75, 3.05) is 0 Å². The third kappa shape index (κ3) is 3.45. The summed E-state index contributed by atoms with van der Waals surface area (Å²) in [5, 5.41) is 9.33. The van der Waals surface area contributed by atoms with Crippen molar-refractivity contribution < 1.29 is 18.7 Å². The predicted molar refractivity (Wildman–Crippen MR) is 76.5 cm³/mol. The second-order valence-electron chi connectivity index (χ2n) is 5.02. The average molecular weight is 290 g/mol. The number of aliphatic carboxylic acids is 1. The highest BCUT2D eigenvalue weighted by atomic mass is 19.3. The first kappa shape index (κ1) is 15.2. The Morgan fingerprint density at radius 1 is 1.10 bits per heavy atom. The molecule has 0 aliphatic heterocycles. The van der Waals surface area contributed by atoms with Crippen LogP contribution in [0.1, 0.15) is 29.0 Å².